The van der Waals surface area contributed by atoms with Crippen LogP contribution in [0.25, 0.3) is 22.2 Å². The van der Waals surface area contributed by atoms with Crippen molar-refractivity contribution in [1.82, 2.24) is 14.9 Å². The third-order valence-corrected chi connectivity index (χ3v) is 5.07. The second kappa shape index (κ2) is 8.55. The lowest BCUT2D eigenvalue weighted by Gasteiger charge is -2.35. The molecule has 2 aromatic heterocycles. The maximum absolute atomic E-state index is 5.27. The van der Waals surface area contributed by atoms with Crippen molar-refractivity contribution in [2.24, 2.45) is 0 Å². The highest BCUT2D eigenvalue weighted by Gasteiger charge is 2.20. The Morgan fingerprint density at radius 3 is 2.44 bits per heavy atom. The van der Waals surface area contributed by atoms with Gasteiger partial charge in [0, 0.05) is 43.3 Å². The van der Waals surface area contributed by atoms with E-state index in [1.165, 1.54) is 0 Å². The number of aromatic nitrogens is 2. The molecular formula is C21H25ClN4O. The van der Waals surface area contributed by atoms with E-state index in [4.69, 9.17) is 9.72 Å². The van der Waals surface area contributed by atoms with Crippen molar-refractivity contribution in [2.45, 2.75) is 6.92 Å². The van der Waals surface area contributed by atoms with Gasteiger partial charge in [-0.05, 0) is 42.9 Å². The highest BCUT2D eigenvalue weighted by Crippen LogP contribution is 2.30. The van der Waals surface area contributed by atoms with Crippen LogP contribution in [0.3, 0.4) is 0 Å². The predicted molar refractivity (Wildman–Crippen MR) is 113 cm³/mol. The first-order valence-corrected chi connectivity index (χ1v) is 9.16. The van der Waals surface area contributed by atoms with Crippen molar-refractivity contribution >= 4 is 29.1 Å². The average Bonchev–Trinajstić information content (AvgIpc) is 2.73. The average molecular weight is 385 g/mol. The van der Waals surface area contributed by atoms with Gasteiger partial charge in [0.25, 0.3) is 0 Å². The Hall–Kier alpha value is -2.37. The molecule has 6 heteroatoms. The molecule has 1 aliphatic rings. The fraction of sp³-hybridized carbons (Fsp3) is 0.333. The predicted octanol–water partition coefficient (Wildman–Crippen LogP) is 3.87. The van der Waals surface area contributed by atoms with Gasteiger partial charge >= 0.3 is 0 Å². The molecule has 0 atom stereocenters. The molecule has 0 N–H and O–H groups in total. The highest BCUT2D eigenvalue weighted by molar-refractivity contribution is 5.91. The van der Waals surface area contributed by atoms with Gasteiger partial charge < -0.3 is 14.5 Å². The van der Waals surface area contributed by atoms with Crippen molar-refractivity contribution in [1.29, 1.82) is 0 Å². The molecule has 1 aromatic carbocycles. The number of likely N-dealkylation sites (N-methyl/N-ethyl adjacent to an activating group) is 1. The van der Waals surface area contributed by atoms with Gasteiger partial charge in [-0.2, -0.15) is 0 Å². The molecule has 0 unspecified atom stereocenters. The Morgan fingerprint density at radius 2 is 1.78 bits per heavy atom. The van der Waals surface area contributed by atoms with Crippen LogP contribution in [0.2, 0.25) is 0 Å². The topological polar surface area (TPSA) is 41.5 Å². The summed E-state index contributed by atoms with van der Waals surface area (Å²) in [5.41, 5.74) is 3.04. The van der Waals surface area contributed by atoms with Crippen LogP contribution in [0.1, 0.15) is 6.92 Å². The minimum atomic E-state index is 0. The summed E-state index contributed by atoms with van der Waals surface area (Å²) in [6, 6.07) is 14.3. The molecule has 0 radical (unpaired) electrons. The summed E-state index contributed by atoms with van der Waals surface area (Å²) in [5, 5.41) is 1.13. The number of piperazine rings is 1. The number of anilines is 1. The van der Waals surface area contributed by atoms with Crippen molar-refractivity contribution in [3.05, 3.63) is 48.7 Å². The quantitative estimate of drug-likeness (QED) is 0.683. The first kappa shape index (κ1) is 19.4. The fourth-order valence-corrected chi connectivity index (χ4v) is 3.47. The van der Waals surface area contributed by atoms with E-state index in [2.05, 4.69) is 46.0 Å². The van der Waals surface area contributed by atoms with E-state index in [9.17, 15) is 0 Å². The van der Waals surface area contributed by atoms with Gasteiger partial charge in [0.1, 0.15) is 11.3 Å². The summed E-state index contributed by atoms with van der Waals surface area (Å²) < 4.78 is 5.27. The van der Waals surface area contributed by atoms with Crippen LogP contribution in [0.4, 0.5) is 5.82 Å². The molecule has 0 spiro atoms. The van der Waals surface area contributed by atoms with E-state index in [1.54, 1.807) is 7.11 Å². The van der Waals surface area contributed by atoms with Crippen LogP contribution in [-0.4, -0.2) is 54.7 Å². The molecule has 0 saturated carbocycles. The third-order valence-electron chi connectivity index (χ3n) is 5.07. The maximum Gasteiger partial charge on any atom is 0.155 e. The number of rotatable bonds is 4. The van der Waals surface area contributed by atoms with Gasteiger partial charge in [0.15, 0.2) is 5.82 Å². The summed E-state index contributed by atoms with van der Waals surface area (Å²) in [4.78, 5) is 14.5. The number of fused-ring (bicyclic) bond motifs is 1. The molecule has 4 rings (SSSR count). The smallest absolute Gasteiger partial charge is 0.155 e. The Balaban J connectivity index is 0.00000210. The van der Waals surface area contributed by atoms with Gasteiger partial charge in [-0.25, -0.2) is 4.98 Å². The molecule has 3 heterocycles. The van der Waals surface area contributed by atoms with Gasteiger partial charge in [-0.15, -0.1) is 12.4 Å². The monoisotopic (exact) mass is 384 g/mol. The largest absolute Gasteiger partial charge is 0.497 e. The Bertz CT molecular complexity index is 892. The van der Waals surface area contributed by atoms with Crippen LogP contribution >= 0.6 is 12.4 Å². The molecule has 1 fully saturated rings. The van der Waals surface area contributed by atoms with Crippen LogP contribution in [0, 0.1) is 0 Å². The summed E-state index contributed by atoms with van der Waals surface area (Å²) in [6.07, 6.45) is 1.85. The zero-order chi connectivity index (χ0) is 17.9. The van der Waals surface area contributed by atoms with Crippen LogP contribution in [0.5, 0.6) is 5.75 Å². The first-order valence-electron chi connectivity index (χ1n) is 9.16. The van der Waals surface area contributed by atoms with E-state index < -0.39 is 0 Å². The summed E-state index contributed by atoms with van der Waals surface area (Å²) in [5.74, 6) is 1.84. The number of methoxy groups -OCH3 is 1. The number of nitrogens with zero attached hydrogens (tertiary/aromatic N) is 4. The Kier molecular flexibility index (Phi) is 6.14. The number of ether oxygens (including phenoxy) is 1. The molecule has 0 amide bonds. The van der Waals surface area contributed by atoms with E-state index in [0.717, 1.165) is 66.5 Å². The first-order chi connectivity index (χ1) is 12.8. The number of pyridine rings is 2. The van der Waals surface area contributed by atoms with Gasteiger partial charge in [0.2, 0.25) is 0 Å². The van der Waals surface area contributed by atoms with Crippen molar-refractivity contribution in [2.75, 3.05) is 44.7 Å². The zero-order valence-corrected chi connectivity index (χ0v) is 16.6. The molecule has 1 saturated heterocycles. The number of benzene rings is 1. The molecular weight excluding hydrogens is 360 g/mol. The van der Waals surface area contributed by atoms with Crippen molar-refractivity contribution in [3.63, 3.8) is 0 Å². The van der Waals surface area contributed by atoms with E-state index in [0.29, 0.717) is 0 Å². The SMILES string of the molecule is CCN1CCN(c2nc(-c3ccc(OC)cc3)cc3cccnc23)CC1.Cl. The molecule has 5 nitrogen and oxygen atoms in total. The summed E-state index contributed by atoms with van der Waals surface area (Å²) in [6.45, 7) is 7.43. The normalized spacial score (nSPS) is 14.8. The maximum atomic E-state index is 5.27. The number of hydrogen-bond donors (Lipinski definition) is 0. The molecule has 27 heavy (non-hydrogen) atoms. The summed E-state index contributed by atoms with van der Waals surface area (Å²) in [7, 11) is 1.68. The second-order valence-electron chi connectivity index (χ2n) is 6.56. The molecule has 142 valence electrons. The molecule has 0 aliphatic carbocycles. The highest BCUT2D eigenvalue weighted by atomic mass is 35.5. The zero-order valence-electron chi connectivity index (χ0n) is 15.8. The molecule has 0 bridgehead atoms. The fourth-order valence-electron chi connectivity index (χ4n) is 3.47. The van der Waals surface area contributed by atoms with Gasteiger partial charge in [-0.3, -0.25) is 4.98 Å². The van der Waals surface area contributed by atoms with Crippen molar-refractivity contribution in [3.8, 4) is 17.0 Å². The molecule has 3 aromatic rings. The Labute approximate surface area is 166 Å². The lowest BCUT2D eigenvalue weighted by atomic mass is 10.1. The van der Waals surface area contributed by atoms with Crippen molar-refractivity contribution < 1.29 is 4.74 Å². The Morgan fingerprint density at radius 1 is 1.04 bits per heavy atom. The second-order valence-corrected chi connectivity index (χ2v) is 6.56. The van der Waals surface area contributed by atoms with E-state index in [1.807, 2.05) is 24.4 Å². The van der Waals surface area contributed by atoms with Gasteiger partial charge in [-0.1, -0.05) is 13.0 Å². The van der Waals surface area contributed by atoms with Crippen LogP contribution in [-0.2, 0) is 0 Å². The van der Waals surface area contributed by atoms with Crippen LogP contribution < -0.4 is 9.64 Å². The number of halogens is 1. The summed E-state index contributed by atoms with van der Waals surface area (Å²) >= 11 is 0. The lowest BCUT2D eigenvalue weighted by molar-refractivity contribution is 0.271. The lowest BCUT2D eigenvalue weighted by Crippen LogP contribution is -2.46. The minimum absolute atomic E-state index is 0. The van der Waals surface area contributed by atoms with Crippen LogP contribution in [0.15, 0.2) is 48.7 Å². The van der Waals surface area contributed by atoms with E-state index >= 15 is 0 Å². The standard InChI is InChI=1S/C21H24N4O.ClH/c1-3-24-11-13-25(14-12-24)21-20-17(5-4-10-22-20)15-19(23-21)16-6-8-18(26-2)9-7-16;/h4-10,15H,3,11-14H2,1-2H3;1H. The molecule has 1 aliphatic heterocycles. The van der Waals surface area contributed by atoms with Gasteiger partial charge in [0.05, 0.1) is 12.8 Å². The number of hydrogen-bond acceptors (Lipinski definition) is 5. The van der Waals surface area contributed by atoms with E-state index in [-0.39, 0.29) is 12.4 Å². The minimum Gasteiger partial charge on any atom is -0.497 e. The third kappa shape index (κ3) is 3.99.